The fraction of sp³-hybridized carbons (Fsp3) is 0.615. The summed E-state index contributed by atoms with van der Waals surface area (Å²) in [6.45, 7) is 7.93. The monoisotopic (exact) mass is 285 g/mol. The van der Waals surface area contributed by atoms with Crippen LogP contribution in [0.1, 0.15) is 37.4 Å². The van der Waals surface area contributed by atoms with Crippen LogP contribution >= 0.6 is 11.3 Å². The van der Waals surface area contributed by atoms with Gasteiger partial charge in [0.25, 0.3) is 5.91 Å². The minimum absolute atomic E-state index is 0.00641. The Kier molecular flexibility index (Phi) is 5.05. The van der Waals surface area contributed by atoms with E-state index in [4.69, 9.17) is 10.5 Å². The molecule has 3 N–H and O–H groups in total. The Morgan fingerprint density at radius 3 is 2.32 bits per heavy atom. The number of hydrogen-bond donors (Lipinski definition) is 2. The van der Waals surface area contributed by atoms with Crippen LogP contribution in [0.5, 0.6) is 5.75 Å². The van der Waals surface area contributed by atoms with Gasteiger partial charge in [0, 0.05) is 20.1 Å². The lowest BCUT2D eigenvalue weighted by Gasteiger charge is -2.14. The molecule has 0 bridgehead atoms. The van der Waals surface area contributed by atoms with Crippen molar-refractivity contribution in [2.75, 3.05) is 25.1 Å². The largest absolute Gasteiger partial charge is 0.486 e. The highest BCUT2D eigenvalue weighted by molar-refractivity contribution is 7.19. The maximum Gasteiger partial charge on any atom is 0.265 e. The van der Waals surface area contributed by atoms with Crippen molar-refractivity contribution >= 4 is 27.9 Å². The lowest BCUT2D eigenvalue weighted by Crippen LogP contribution is -2.21. The van der Waals surface area contributed by atoms with Gasteiger partial charge in [0.15, 0.2) is 5.75 Å². The van der Waals surface area contributed by atoms with E-state index in [1.807, 2.05) is 27.7 Å². The predicted molar refractivity (Wildman–Crippen MR) is 81.3 cm³/mol. The zero-order valence-corrected chi connectivity index (χ0v) is 13.2. The Balaban J connectivity index is 3.21. The van der Waals surface area contributed by atoms with Crippen LogP contribution in [0.15, 0.2) is 0 Å². The van der Waals surface area contributed by atoms with Gasteiger partial charge in [0.05, 0.1) is 6.10 Å². The van der Waals surface area contributed by atoms with E-state index in [-0.39, 0.29) is 18.1 Å². The number of nitrogens with zero attached hydrogens (tertiary/aromatic N) is 1. The van der Waals surface area contributed by atoms with Crippen LogP contribution in [-0.4, -0.2) is 37.0 Å². The van der Waals surface area contributed by atoms with Crippen molar-refractivity contribution < 1.29 is 9.53 Å². The van der Waals surface area contributed by atoms with Crippen LogP contribution in [-0.2, 0) is 0 Å². The molecule has 0 atom stereocenters. The average molecular weight is 285 g/mol. The smallest absolute Gasteiger partial charge is 0.265 e. The number of amides is 1. The van der Waals surface area contributed by atoms with Crippen molar-refractivity contribution in [3.63, 3.8) is 0 Å². The van der Waals surface area contributed by atoms with E-state index < -0.39 is 0 Å². The summed E-state index contributed by atoms with van der Waals surface area (Å²) in [4.78, 5) is 14.1. The molecule has 1 aromatic heterocycles. The second kappa shape index (κ2) is 6.14. The lowest BCUT2D eigenvalue weighted by molar-refractivity contribution is 0.0833. The minimum Gasteiger partial charge on any atom is -0.486 e. The molecular formula is C13H23N3O2S. The number of rotatable bonds is 5. The Labute approximate surface area is 118 Å². The number of thiophene rings is 1. The van der Waals surface area contributed by atoms with E-state index in [1.165, 1.54) is 16.2 Å². The number of anilines is 2. The van der Waals surface area contributed by atoms with E-state index in [9.17, 15) is 4.79 Å². The van der Waals surface area contributed by atoms with Gasteiger partial charge in [-0.05, 0) is 27.7 Å². The number of hydrogen-bond acceptors (Lipinski definition) is 5. The van der Waals surface area contributed by atoms with Crippen LogP contribution < -0.4 is 15.8 Å². The van der Waals surface area contributed by atoms with E-state index in [0.717, 1.165) is 5.00 Å². The topological polar surface area (TPSA) is 67.6 Å². The zero-order valence-electron chi connectivity index (χ0n) is 12.4. The summed E-state index contributed by atoms with van der Waals surface area (Å²) in [6.07, 6.45) is 0.00641. The van der Waals surface area contributed by atoms with Crippen molar-refractivity contribution in [3.05, 3.63) is 4.88 Å². The van der Waals surface area contributed by atoms with E-state index in [2.05, 4.69) is 5.32 Å². The predicted octanol–water partition coefficient (Wildman–Crippen LogP) is 2.64. The Bertz CT molecular complexity index is 453. The highest BCUT2D eigenvalue weighted by Gasteiger charge is 2.24. The molecule has 0 saturated heterocycles. The first-order chi connectivity index (χ1) is 8.73. The molecule has 0 radical (unpaired) electrons. The van der Waals surface area contributed by atoms with Gasteiger partial charge in [-0.25, -0.2) is 0 Å². The van der Waals surface area contributed by atoms with E-state index >= 15 is 0 Å². The molecule has 0 aliphatic rings. The van der Waals surface area contributed by atoms with Crippen molar-refractivity contribution in [1.29, 1.82) is 0 Å². The number of carbonyl (C=O) groups is 1. The molecule has 0 unspecified atom stereocenters. The number of ether oxygens (including phenoxy) is 1. The summed E-state index contributed by atoms with van der Waals surface area (Å²) in [5, 5.41) is 4.09. The van der Waals surface area contributed by atoms with E-state index in [1.54, 1.807) is 14.1 Å². The third-order valence-electron chi connectivity index (χ3n) is 2.27. The highest BCUT2D eigenvalue weighted by atomic mass is 32.1. The molecule has 0 fully saturated rings. The van der Waals surface area contributed by atoms with Gasteiger partial charge in [-0.2, -0.15) is 0 Å². The molecule has 108 valence electrons. The fourth-order valence-corrected chi connectivity index (χ4v) is 2.72. The normalized spacial score (nSPS) is 10.9. The number of nitrogens with one attached hydrogen (secondary N) is 1. The summed E-state index contributed by atoms with van der Waals surface area (Å²) < 4.78 is 5.74. The quantitative estimate of drug-likeness (QED) is 0.872. The third-order valence-corrected chi connectivity index (χ3v) is 3.38. The van der Waals surface area contributed by atoms with Crippen molar-refractivity contribution in [1.82, 2.24) is 4.90 Å². The van der Waals surface area contributed by atoms with Crippen LogP contribution in [0, 0.1) is 0 Å². The standard InChI is InChI=1S/C13H23N3O2S/c1-7(2)15-12-10(18-8(3)4)9(14)11(19-12)13(17)16(5)6/h7-8,15H,14H2,1-6H3. The van der Waals surface area contributed by atoms with Crippen LogP contribution in [0.25, 0.3) is 0 Å². The van der Waals surface area contributed by atoms with Gasteiger partial charge in [-0.15, -0.1) is 11.3 Å². The van der Waals surface area contributed by atoms with Gasteiger partial charge >= 0.3 is 0 Å². The second-order valence-corrected chi connectivity index (χ2v) is 6.19. The SMILES string of the molecule is CC(C)Nc1sc(C(=O)N(C)C)c(N)c1OC(C)C. The first-order valence-electron chi connectivity index (χ1n) is 6.31. The van der Waals surface area contributed by atoms with Gasteiger partial charge in [0.1, 0.15) is 15.6 Å². The molecular weight excluding hydrogens is 262 g/mol. The minimum atomic E-state index is -0.104. The summed E-state index contributed by atoms with van der Waals surface area (Å²) >= 11 is 1.34. The maximum absolute atomic E-state index is 12.1. The highest BCUT2D eigenvalue weighted by Crippen LogP contribution is 2.43. The summed E-state index contributed by atoms with van der Waals surface area (Å²) in [5.74, 6) is 0.479. The van der Waals surface area contributed by atoms with Crippen molar-refractivity contribution in [2.45, 2.75) is 39.8 Å². The lowest BCUT2D eigenvalue weighted by atomic mass is 10.3. The third kappa shape index (κ3) is 3.76. The summed E-state index contributed by atoms with van der Waals surface area (Å²) in [7, 11) is 3.42. The zero-order chi connectivity index (χ0) is 14.7. The first-order valence-corrected chi connectivity index (χ1v) is 7.12. The molecule has 1 aromatic rings. The maximum atomic E-state index is 12.1. The van der Waals surface area contributed by atoms with Crippen molar-refractivity contribution in [2.24, 2.45) is 0 Å². The molecule has 19 heavy (non-hydrogen) atoms. The van der Waals surface area contributed by atoms with Crippen LogP contribution in [0.3, 0.4) is 0 Å². The Morgan fingerprint density at radius 2 is 1.89 bits per heavy atom. The molecule has 0 saturated carbocycles. The fourth-order valence-electron chi connectivity index (χ4n) is 1.50. The first kappa shape index (κ1) is 15.6. The molecule has 1 heterocycles. The summed E-state index contributed by atoms with van der Waals surface area (Å²) in [5.41, 5.74) is 6.48. The van der Waals surface area contributed by atoms with Gasteiger partial charge in [-0.1, -0.05) is 0 Å². The van der Waals surface area contributed by atoms with Crippen molar-refractivity contribution in [3.8, 4) is 5.75 Å². The molecule has 0 aromatic carbocycles. The number of carbonyl (C=O) groups excluding carboxylic acids is 1. The molecule has 6 heteroatoms. The Hall–Kier alpha value is -1.43. The van der Waals surface area contributed by atoms with Crippen LogP contribution in [0.4, 0.5) is 10.7 Å². The second-order valence-electron chi connectivity index (χ2n) is 5.17. The summed E-state index contributed by atoms with van der Waals surface area (Å²) in [6, 6.07) is 0.245. The molecule has 1 amide bonds. The molecule has 1 rings (SSSR count). The van der Waals surface area contributed by atoms with Gasteiger partial charge in [-0.3, -0.25) is 4.79 Å². The number of nitrogen functional groups attached to an aromatic ring is 1. The van der Waals surface area contributed by atoms with Gasteiger partial charge < -0.3 is 20.7 Å². The number of nitrogens with two attached hydrogens (primary N) is 1. The molecule has 5 nitrogen and oxygen atoms in total. The molecule has 0 spiro atoms. The molecule has 0 aliphatic heterocycles. The van der Waals surface area contributed by atoms with E-state index in [0.29, 0.717) is 16.3 Å². The Morgan fingerprint density at radius 1 is 1.32 bits per heavy atom. The molecule has 0 aliphatic carbocycles. The van der Waals surface area contributed by atoms with Gasteiger partial charge in [0.2, 0.25) is 0 Å². The average Bonchev–Trinajstić information content (AvgIpc) is 2.55. The van der Waals surface area contributed by atoms with Crippen LogP contribution in [0.2, 0.25) is 0 Å².